The SMILES string of the molecule is CC(=O)O[C@@]12COC1C[C@H](O)[C@@]1(C)C(=O)[C@H](OC(=O)OCCl)C3=C(C)C(OC(=O)[C@H](O[Si](C)(C)C(C)(C)C)C(NC(=O)c4ccccc4)c4ccccc4)C[C@@](O)([C@@H](OC(=O)c4ccccc4)[C@@H]12)C3(C)C. The number of amides is 1. The highest BCUT2D eigenvalue weighted by molar-refractivity contribution is 6.74. The molecule has 11 atom stereocenters. The van der Waals surface area contributed by atoms with Gasteiger partial charge in [0.25, 0.3) is 5.91 Å². The zero-order valence-corrected chi connectivity index (χ0v) is 43.4. The molecule has 18 heteroatoms. The van der Waals surface area contributed by atoms with E-state index in [0.29, 0.717) is 11.1 Å². The van der Waals surface area contributed by atoms with Crippen LogP contribution in [0.2, 0.25) is 18.1 Å². The smallest absolute Gasteiger partial charge is 0.456 e. The van der Waals surface area contributed by atoms with Crippen LogP contribution < -0.4 is 5.32 Å². The Balaban J connectivity index is 1.46. The average Bonchev–Trinajstić information content (AvgIpc) is 3.31. The number of ketones is 1. The summed E-state index contributed by atoms with van der Waals surface area (Å²) in [6.45, 7) is 16.7. The van der Waals surface area contributed by atoms with Gasteiger partial charge in [-0.1, -0.05) is 113 Å². The molecule has 0 spiro atoms. The summed E-state index contributed by atoms with van der Waals surface area (Å²) in [6.07, 6.45) is -11.7. The van der Waals surface area contributed by atoms with Gasteiger partial charge in [-0.15, -0.1) is 0 Å². The number of halogens is 1. The summed E-state index contributed by atoms with van der Waals surface area (Å²) >= 11 is 5.83. The largest absolute Gasteiger partial charge is 0.510 e. The first-order valence-corrected chi connectivity index (χ1v) is 27.1. The molecule has 0 aromatic heterocycles. The molecule has 1 aliphatic heterocycles. The lowest BCUT2D eigenvalue weighted by molar-refractivity contribution is -0.346. The lowest BCUT2D eigenvalue weighted by Gasteiger charge is -2.67. The summed E-state index contributed by atoms with van der Waals surface area (Å²) in [5, 5.41) is 28.9. The van der Waals surface area contributed by atoms with Crippen molar-refractivity contribution in [3.8, 4) is 0 Å². The zero-order chi connectivity index (χ0) is 52.1. The molecule has 3 N–H and O–H groups in total. The first-order valence-electron chi connectivity index (χ1n) is 23.7. The van der Waals surface area contributed by atoms with Crippen molar-refractivity contribution in [2.75, 3.05) is 12.7 Å². The minimum absolute atomic E-state index is 0.0550. The first kappa shape index (κ1) is 53.4. The Hall–Kier alpha value is -5.43. The lowest BCUT2D eigenvalue weighted by atomic mass is 9.44. The second-order valence-electron chi connectivity index (χ2n) is 21.2. The first-order chi connectivity index (χ1) is 33.2. The van der Waals surface area contributed by atoms with E-state index in [1.165, 1.54) is 19.1 Å². The van der Waals surface area contributed by atoms with Gasteiger partial charge >= 0.3 is 24.1 Å². The number of hydrogen-bond donors (Lipinski definition) is 3. The Kier molecular flexibility index (Phi) is 14.9. The molecule has 3 aliphatic carbocycles. The summed E-state index contributed by atoms with van der Waals surface area (Å²) in [7, 11) is -2.96. The summed E-state index contributed by atoms with van der Waals surface area (Å²) < 4.78 is 43.1. The number of ether oxygens (including phenoxy) is 6. The highest BCUT2D eigenvalue weighted by Gasteiger charge is 2.78. The number of aliphatic hydroxyl groups is 2. The minimum atomic E-state index is -2.96. The molecule has 16 nitrogen and oxygen atoms in total. The Labute approximate surface area is 419 Å². The van der Waals surface area contributed by atoms with E-state index in [2.05, 4.69) is 5.32 Å². The maximum Gasteiger partial charge on any atom is 0.510 e. The van der Waals surface area contributed by atoms with Gasteiger partial charge in [-0.25, -0.2) is 14.4 Å². The molecule has 1 saturated heterocycles. The molecule has 3 aromatic carbocycles. The van der Waals surface area contributed by atoms with E-state index in [1.807, 2.05) is 33.9 Å². The van der Waals surface area contributed by atoms with Crippen molar-refractivity contribution < 1.29 is 71.8 Å². The molecule has 4 aliphatic rings. The van der Waals surface area contributed by atoms with E-state index in [0.717, 1.165) is 6.92 Å². The fourth-order valence-electron chi connectivity index (χ4n) is 10.8. The second kappa shape index (κ2) is 19.9. The number of carbonyl (C=O) groups excluding carboxylic acids is 6. The molecule has 71 heavy (non-hydrogen) atoms. The summed E-state index contributed by atoms with van der Waals surface area (Å²) in [5.41, 5.74) is -7.14. The number of fused-ring (bicyclic) bond motifs is 5. The topological polar surface area (TPSA) is 220 Å². The van der Waals surface area contributed by atoms with Crippen LogP contribution in [-0.2, 0) is 47.2 Å². The molecular formula is C53H64ClNO15Si. The van der Waals surface area contributed by atoms with Gasteiger partial charge in [0.1, 0.15) is 23.9 Å². The molecule has 2 bridgehead atoms. The lowest BCUT2D eigenvalue weighted by Crippen LogP contribution is -2.82. The second-order valence-corrected chi connectivity index (χ2v) is 26.2. The van der Waals surface area contributed by atoms with E-state index in [4.69, 9.17) is 44.4 Å². The normalized spacial score (nSPS) is 29.8. The van der Waals surface area contributed by atoms with Crippen LogP contribution >= 0.6 is 11.6 Å². The predicted octanol–water partition coefficient (Wildman–Crippen LogP) is 7.55. The highest BCUT2D eigenvalue weighted by atomic mass is 35.5. The van der Waals surface area contributed by atoms with Crippen LogP contribution in [0.15, 0.2) is 102 Å². The third-order valence-corrected chi connectivity index (χ3v) is 20.4. The van der Waals surface area contributed by atoms with Crippen molar-refractivity contribution in [3.05, 3.63) is 119 Å². The number of rotatable bonds is 13. The molecule has 3 aromatic rings. The zero-order valence-electron chi connectivity index (χ0n) is 41.7. The van der Waals surface area contributed by atoms with Gasteiger partial charge in [0.15, 0.2) is 38.0 Å². The van der Waals surface area contributed by atoms with Gasteiger partial charge in [-0.3, -0.25) is 14.4 Å². The molecule has 0 radical (unpaired) electrons. The number of hydrogen-bond acceptors (Lipinski definition) is 15. The Morgan fingerprint density at radius 1 is 0.887 bits per heavy atom. The molecule has 2 saturated carbocycles. The number of aliphatic hydroxyl groups excluding tert-OH is 1. The molecule has 1 heterocycles. The average molecular weight is 1020 g/mol. The molecule has 382 valence electrons. The van der Waals surface area contributed by atoms with Gasteiger partial charge < -0.3 is 48.4 Å². The third kappa shape index (κ3) is 9.56. The monoisotopic (exact) mass is 1020 g/mol. The van der Waals surface area contributed by atoms with Crippen LogP contribution in [0.1, 0.15) is 101 Å². The number of Topliss-reactive ketones (excluding diaryl/α,β-unsaturated/α-hetero) is 1. The molecule has 1 amide bonds. The predicted molar refractivity (Wildman–Crippen MR) is 260 cm³/mol. The van der Waals surface area contributed by atoms with E-state index < -0.39 is 132 Å². The van der Waals surface area contributed by atoms with Crippen molar-refractivity contribution in [2.45, 2.75) is 140 Å². The van der Waals surface area contributed by atoms with Crippen LogP contribution in [0.25, 0.3) is 0 Å². The number of esters is 3. The van der Waals surface area contributed by atoms with Gasteiger partial charge in [0.05, 0.1) is 35.6 Å². The van der Waals surface area contributed by atoms with Crippen molar-refractivity contribution >= 4 is 55.7 Å². The fourth-order valence-corrected chi connectivity index (χ4v) is 12.1. The van der Waals surface area contributed by atoms with E-state index in [9.17, 15) is 29.4 Å². The van der Waals surface area contributed by atoms with E-state index >= 15 is 9.59 Å². The van der Waals surface area contributed by atoms with Crippen LogP contribution in [0.4, 0.5) is 4.79 Å². The molecule has 3 fully saturated rings. The Bertz CT molecular complexity index is 2550. The fraction of sp³-hybridized carbons (Fsp3) is 0.509. The van der Waals surface area contributed by atoms with E-state index in [-0.39, 0.29) is 29.7 Å². The van der Waals surface area contributed by atoms with Crippen molar-refractivity contribution in [3.63, 3.8) is 0 Å². The van der Waals surface area contributed by atoms with Crippen molar-refractivity contribution in [2.24, 2.45) is 16.7 Å². The van der Waals surface area contributed by atoms with Crippen LogP contribution in [0.5, 0.6) is 0 Å². The molecule has 3 unspecified atom stereocenters. The Morgan fingerprint density at radius 2 is 1.46 bits per heavy atom. The summed E-state index contributed by atoms with van der Waals surface area (Å²) in [6, 6.07) is 23.3. The quantitative estimate of drug-likeness (QED) is 0.0495. The third-order valence-electron chi connectivity index (χ3n) is 15.8. The number of carbonyl (C=O) groups is 6. The van der Waals surface area contributed by atoms with Crippen molar-refractivity contribution in [1.29, 1.82) is 0 Å². The Morgan fingerprint density at radius 3 is 2.00 bits per heavy atom. The van der Waals surface area contributed by atoms with E-state index in [1.54, 1.807) is 99.6 Å². The minimum Gasteiger partial charge on any atom is -0.456 e. The number of benzene rings is 3. The van der Waals surface area contributed by atoms with Gasteiger partial charge in [-0.2, -0.15) is 0 Å². The van der Waals surface area contributed by atoms with Gasteiger partial charge in [-0.05, 0) is 73.0 Å². The number of alkyl halides is 1. The molecule has 7 rings (SSSR count). The summed E-state index contributed by atoms with van der Waals surface area (Å²) in [5.74, 6) is -5.74. The van der Waals surface area contributed by atoms with Gasteiger partial charge in [0, 0.05) is 30.7 Å². The maximum atomic E-state index is 15.9. The van der Waals surface area contributed by atoms with Crippen molar-refractivity contribution in [1.82, 2.24) is 5.32 Å². The number of nitrogens with one attached hydrogen (secondary N) is 1. The maximum absolute atomic E-state index is 15.9. The summed E-state index contributed by atoms with van der Waals surface area (Å²) in [4.78, 5) is 86.7. The van der Waals surface area contributed by atoms with Gasteiger partial charge in [0.2, 0.25) is 0 Å². The standard InChI is InChI=1S/C53H64ClNO15Si/c1-30-35(66-47(61)41(70-71(9,10)49(3,4)5)39(32-20-14-11-15-21-32)55-45(59)33-22-16-12-17-23-33)27-53(63)44(68-46(60)34-24-18-13-19-25-34)42-51(8,36(57)26-37-52(42,28-64-37)69-31(2)56)43(58)40(38(30)50(53,6)7)67-48(62)65-29-54/h11-25,35-37,39-42,44,57,63H,26-29H2,1-10H3,(H,55,59)/t35?,36-,37?,39?,40+,41+,42-,44-,51+,52-,53+/m0/s1. The van der Waals surface area contributed by atoms with Crippen LogP contribution in [0, 0.1) is 16.7 Å². The van der Waals surface area contributed by atoms with Crippen LogP contribution in [0.3, 0.4) is 0 Å². The molecular weight excluding hydrogens is 954 g/mol. The van der Waals surface area contributed by atoms with Crippen LogP contribution in [-0.4, -0.2) is 115 Å². The highest BCUT2D eigenvalue weighted by Crippen LogP contribution is 2.64.